The van der Waals surface area contributed by atoms with Gasteiger partial charge in [-0.1, -0.05) is 0 Å². The number of aromatic nitrogens is 3. The summed E-state index contributed by atoms with van der Waals surface area (Å²) in [6.07, 6.45) is 0. The maximum Gasteiger partial charge on any atom is 0.230 e. The molecule has 0 saturated carbocycles. The van der Waals surface area contributed by atoms with Crippen LogP contribution < -0.4 is 4.90 Å². The minimum atomic E-state index is 0.213. The molecule has 19 heavy (non-hydrogen) atoms. The average Bonchev–Trinajstić information content (AvgIpc) is 2.85. The van der Waals surface area contributed by atoms with Crippen LogP contribution in [-0.4, -0.2) is 41.3 Å². The van der Waals surface area contributed by atoms with Gasteiger partial charge >= 0.3 is 0 Å². The van der Waals surface area contributed by atoms with Gasteiger partial charge in [0.15, 0.2) is 5.82 Å². The highest BCUT2D eigenvalue weighted by molar-refractivity contribution is 9.10. The zero-order valence-corrected chi connectivity index (χ0v) is 13.0. The van der Waals surface area contributed by atoms with Gasteiger partial charge in [0, 0.05) is 33.9 Å². The minimum absolute atomic E-state index is 0.213. The highest BCUT2D eigenvalue weighted by Gasteiger charge is 2.17. The number of anilines is 1. The highest BCUT2D eigenvalue weighted by atomic mass is 79.9. The summed E-state index contributed by atoms with van der Waals surface area (Å²) in [6, 6.07) is 0. The summed E-state index contributed by atoms with van der Waals surface area (Å²) in [5.74, 6) is 1.20. The smallest absolute Gasteiger partial charge is 0.230 e. The molecule has 2 aromatic rings. The molecule has 1 aliphatic rings. The van der Waals surface area contributed by atoms with E-state index in [1.807, 2.05) is 10.8 Å². The Labute approximate surface area is 127 Å². The molecule has 100 valence electrons. The third-order valence-corrected chi connectivity index (χ3v) is 4.62. The number of rotatable bonds is 2. The van der Waals surface area contributed by atoms with Gasteiger partial charge in [-0.05, 0) is 27.5 Å². The first-order valence-corrected chi connectivity index (χ1v) is 7.82. The van der Waals surface area contributed by atoms with E-state index < -0.39 is 0 Å². The Bertz CT molecular complexity index is 588. The van der Waals surface area contributed by atoms with Crippen LogP contribution in [0.1, 0.15) is 0 Å². The average molecular weight is 362 g/mol. The third-order valence-electron chi connectivity index (χ3n) is 2.75. The van der Waals surface area contributed by atoms with Crippen LogP contribution >= 0.6 is 38.9 Å². The Morgan fingerprint density at radius 3 is 2.68 bits per heavy atom. The molecule has 0 aliphatic carbocycles. The first-order chi connectivity index (χ1) is 9.24. The van der Waals surface area contributed by atoms with E-state index in [0.29, 0.717) is 25.0 Å². The van der Waals surface area contributed by atoms with Crippen molar-refractivity contribution in [3.05, 3.63) is 20.5 Å². The van der Waals surface area contributed by atoms with Crippen molar-refractivity contribution in [2.45, 2.75) is 0 Å². The fourth-order valence-electron chi connectivity index (χ4n) is 1.81. The molecule has 5 nitrogen and oxygen atoms in total. The predicted molar refractivity (Wildman–Crippen MR) is 78.9 cm³/mol. The molecule has 2 aromatic heterocycles. The molecule has 0 radical (unpaired) electrons. The van der Waals surface area contributed by atoms with E-state index in [-0.39, 0.29) is 5.28 Å². The van der Waals surface area contributed by atoms with E-state index in [1.165, 1.54) is 0 Å². The number of hydrogen-bond donors (Lipinski definition) is 0. The van der Waals surface area contributed by atoms with E-state index in [1.54, 1.807) is 11.3 Å². The van der Waals surface area contributed by atoms with Gasteiger partial charge in [-0.3, -0.25) is 0 Å². The molecule has 1 saturated heterocycles. The van der Waals surface area contributed by atoms with Crippen LogP contribution in [0.4, 0.5) is 5.95 Å². The van der Waals surface area contributed by atoms with Crippen molar-refractivity contribution in [3.63, 3.8) is 0 Å². The maximum atomic E-state index is 6.01. The first-order valence-electron chi connectivity index (χ1n) is 5.70. The molecule has 3 heterocycles. The largest absolute Gasteiger partial charge is 0.378 e. The van der Waals surface area contributed by atoms with E-state index in [0.717, 1.165) is 23.1 Å². The van der Waals surface area contributed by atoms with Crippen LogP contribution in [0.2, 0.25) is 5.28 Å². The van der Waals surface area contributed by atoms with Gasteiger partial charge in [-0.2, -0.15) is 26.3 Å². The van der Waals surface area contributed by atoms with E-state index in [4.69, 9.17) is 16.3 Å². The van der Waals surface area contributed by atoms with Crippen LogP contribution in [0.5, 0.6) is 0 Å². The Kier molecular flexibility index (Phi) is 3.97. The first kappa shape index (κ1) is 13.2. The fraction of sp³-hybridized carbons (Fsp3) is 0.364. The molecule has 0 N–H and O–H groups in total. The molecule has 0 atom stereocenters. The number of nitrogens with zero attached hydrogens (tertiary/aromatic N) is 4. The predicted octanol–water partition coefficient (Wildman–Crippen LogP) is 2.85. The molecule has 0 bridgehead atoms. The second-order valence-electron chi connectivity index (χ2n) is 3.96. The lowest BCUT2D eigenvalue weighted by Crippen LogP contribution is -2.37. The number of hydrogen-bond acceptors (Lipinski definition) is 6. The maximum absolute atomic E-state index is 6.01. The van der Waals surface area contributed by atoms with Gasteiger partial charge in [-0.25, -0.2) is 0 Å². The molecular formula is C11H10BrClN4OS. The van der Waals surface area contributed by atoms with Crippen molar-refractivity contribution < 1.29 is 4.74 Å². The molecule has 0 unspecified atom stereocenters. The summed E-state index contributed by atoms with van der Waals surface area (Å²) in [7, 11) is 0. The van der Waals surface area contributed by atoms with Crippen molar-refractivity contribution >= 4 is 44.8 Å². The highest BCUT2D eigenvalue weighted by Crippen LogP contribution is 2.30. The standard InChI is InChI=1S/C11H10BrClN4OS/c12-8-6-19-5-7(8)9-14-10(13)16-11(15-9)17-1-3-18-4-2-17/h5-6H,1-4H2. The summed E-state index contributed by atoms with van der Waals surface area (Å²) in [4.78, 5) is 14.9. The molecule has 8 heteroatoms. The SMILES string of the molecule is Clc1nc(-c2cscc2Br)nc(N2CCOCC2)n1. The second-order valence-corrected chi connectivity index (χ2v) is 5.90. The summed E-state index contributed by atoms with van der Waals surface area (Å²) in [6.45, 7) is 2.90. The molecule has 0 spiro atoms. The zero-order chi connectivity index (χ0) is 13.2. The van der Waals surface area contributed by atoms with Gasteiger partial charge in [0.2, 0.25) is 11.2 Å². The zero-order valence-electron chi connectivity index (χ0n) is 9.84. The van der Waals surface area contributed by atoms with Crippen molar-refractivity contribution in [2.75, 3.05) is 31.2 Å². The lowest BCUT2D eigenvalue weighted by Gasteiger charge is -2.26. The van der Waals surface area contributed by atoms with Crippen molar-refractivity contribution in [1.29, 1.82) is 0 Å². The number of halogens is 2. The number of thiophene rings is 1. The van der Waals surface area contributed by atoms with E-state index in [2.05, 4.69) is 35.8 Å². The fourth-order valence-corrected chi connectivity index (χ4v) is 3.41. The van der Waals surface area contributed by atoms with Crippen molar-refractivity contribution in [3.8, 4) is 11.4 Å². The molecule has 3 rings (SSSR count). The third kappa shape index (κ3) is 2.89. The van der Waals surface area contributed by atoms with Crippen LogP contribution in [0, 0.1) is 0 Å². The Morgan fingerprint density at radius 2 is 2.00 bits per heavy atom. The molecular weight excluding hydrogens is 352 g/mol. The van der Waals surface area contributed by atoms with Crippen LogP contribution in [0.3, 0.4) is 0 Å². The van der Waals surface area contributed by atoms with Crippen molar-refractivity contribution in [1.82, 2.24) is 15.0 Å². The van der Waals surface area contributed by atoms with Crippen LogP contribution in [-0.2, 0) is 4.74 Å². The monoisotopic (exact) mass is 360 g/mol. The minimum Gasteiger partial charge on any atom is -0.378 e. The normalized spacial score (nSPS) is 15.8. The van der Waals surface area contributed by atoms with E-state index in [9.17, 15) is 0 Å². The second kappa shape index (κ2) is 5.70. The van der Waals surface area contributed by atoms with Gasteiger partial charge in [0.05, 0.1) is 13.2 Å². The topological polar surface area (TPSA) is 51.1 Å². The Hall–Kier alpha value is -0.760. The van der Waals surface area contributed by atoms with Gasteiger partial charge in [0.25, 0.3) is 0 Å². The molecule has 1 fully saturated rings. The van der Waals surface area contributed by atoms with Gasteiger partial charge in [0.1, 0.15) is 0 Å². The molecule has 1 aliphatic heterocycles. The van der Waals surface area contributed by atoms with Gasteiger partial charge < -0.3 is 9.64 Å². The number of ether oxygens (including phenoxy) is 1. The van der Waals surface area contributed by atoms with E-state index >= 15 is 0 Å². The lowest BCUT2D eigenvalue weighted by atomic mass is 10.3. The summed E-state index contributed by atoms with van der Waals surface area (Å²) in [5.41, 5.74) is 0.934. The molecule has 0 aromatic carbocycles. The van der Waals surface area contributed by atoms with Crippen LogP contribution in [0.15, 0.2) is 15.2 Å². The van der Waals surface area contributed by atoms with Gasteiger partial charge in [-0.15, -0.1) is 0 Å². The summed E-state index contributed by atoms with van der Waals surface area (Å²) >= 11 is 11.1. The lowest BCUT2D eigenvalue weighted by molar-refractivity contribution is 0.122. The summed E-state index contributed by atoms with van der Waals surface area (Å²) < 4.78 is 6.29. The van der Waals surface area contributed by atoms with Crippen LogP contribution in [0.25, 0.3) is 11.4 Å². The Balaban J connectivity index is 1.98. The quantitative estimate of drug-likeness (QED) is 0.823. The van der Waals surface area contributed by atoms with Crippen molar-refractivity contribution in [2.24, 2.45) is 0 Å². The summed E-state index contributed by atoms with van der Waals surface area (Å²) in [5, 5.41) is 4.19. The molecule has 0 amide bonds. The Morgan fingerprint density at radius 1 is 1.21 bits per heavy atom. The number of morpholine rings is 1.